The lowest BCUT2D eigenvalue weighted by molar-refractivity contribution is 0.448. The number of benzene rings is 2. The van der Waals surface area contributed by atoms with E-state index in [-0.39, 0.29) is 39.3 Å². The number of rotatable bonds is 3. The van der Waals surface area contributed by atoms with Crippen molar-refractivity contribution in [3.63, 3.8) is 0 Å². The highest BCUT2D eigenvalue weighted by Crippen LogP contribution is 2.35. The molecule has 3 aromatic rings. The summed E-state index contributed by atoms with van der Waals surface area (Å²) in [7, 11) is 0. The lowest BCUT2D eigenvalue weighted by atomic mass is 10.0. The Morgan fingerprint density at radius 2 is 1.73 bits per heavy atom. The first-order chi connectivity index (χ1) is 11.9. The maximum atomic E-state index is 12.9. The molecule has 0 amide bonds. The standard InChI is InChI=1S/C20H18O5.H2O/c1-11(2)3-8-14-16(22)9-17(23)18-19(24)15(10-25-20(14)18)12-4-6-13(21)7-5-12;/h3-7,9-10,21-23H,8H2,1-2H3;1H2. The molecule has 0 aliphatic carbocycles. The lowest BCUT2D eigenvalue weighted by Crippen LogP contribution is -2.06. The smallest absolute Gasteiger partial charge is 0.204 e. The van der Waals surface area contributed by atoms with E-state index in [0.717, 1.165) is 11.6 Å². The van der Waals surface area contributed by atoms with Crippen molar-refractivity contribution in [2.45, 2.75) is 20.3 Å². The number of hydrogen-bond donors (Lipinski definition) is 3. The SMILES string of the molecule is CC(C)=CCc1c(O)cc(O)c2c(=O)c(-c3ccc(O)cc3)coc12.O. The van der Waals surface area contributed by atoms with Crippen LogP contribution in [0.3, 0.4) is 0 Å². The monoisotopic (exact) mass is 356 g/mol. The fourth-order valence-electron chi connectivity index (χ4n) is 2.67. The van der Waals surface area contributed by atoms with E-state index in [1.165, 1.54) is 18.4 Å². The van der Waals surface area contributed by atoms with Crippen LogP contribution in [-0.2, 0) is 6.42 Å². The summed E-state index contributed by atoms with van der Waals surface area (Å²) >= 11 is 0. The number of phenols is 3. The Hall–Kier alpha value is -3.25. The van der Waals surface area contributed by atoms with E-state index >= 15 is 0 Å². The third kappa shape index (κ3) is 3.41. The second kappa shape index (κ2) is 7.33. The molecule has 0 saturated heterocycles. The van der Waals surface area contributed by atoms with Crippen LogP contribution in [0.2, 0.25) is 0 Å². The van der Waals surface area contributed by atoms with Gasteiger partial charge in [0.25, 0.3) is 0 Å². The van der Waals surface area contributed by atoms with E-state index in [0.29, 0.717) is 17.5 Å². The van der Waals surface area contributed by atoms with Gasteiger partial charge in [0.2, 0.25) is 5.43 Å². The van der Waals surface area contributed by atoms with Crippen molar-refractivity contribution in [1.82, 2.24) is 0 Å². The van der Waals surface area contributed by atoms with E-state index in [1.54, 1.807) is 12.1 Å². The quantitative estimate of drug-likeness (QED) is 0.622. The van der Waals surface area contributed by atoms with Crippen LogP contribution < -0.4 is 5.43 Å². The normalized spacial score (nSPS) is 10.4. The first-order valence-electron chi connectivity index (χ1n) is 7.80. The topological polar surface area (TPSA) is 122 Å². The van der Waals surface area contributed by atoms with Crippen LogP contribution in [0.15, 0.2) is 57.5 Å². The second-order valence-electron chi connectivity index (χ2n) is 6.11. The molecule has 0 unspecified atom stereocenters. The van der Waals surface area contributed by atoms with Gasteiger partial charge in [-0.15, -0.1) is 0 Å². The van der Waals surface area contributed by atoms with E-state index in [2.05, 4.69) is 0 Å². The van der Waals surface area contributed by atoms with Gasteiger partial charge in [0.15, 0.2) is 0 Å². The van der Waals surface area contributed by atoms with Gasteiger partial charge in [-0.1, -0.05) is 23.8 Å². The molecule has 0 aliphatic rings. The summed E-state index contributed by atoms with van der Waals surface area (Å²) in [6, 6.07) is 7.28. The van der Waals surface area contributed by atoms with Crippen LogP contribution in [0, 0.1) is 0 Å². The van der Waals surface area contributed by atoms with E-state index in [4.69, 9.17) is 4.42 Å². The molecule has 0 aliphatic heterocycles. The minimum absolute atomic E-state index is 0. The molecule has 3 rings (SSSR count). The summed E-state index contributed by atoms with van der Waals surface area (Å²) in [5.41, 5.74) is 2.10. The molecule has 26 heavy (non-hydrogen) atoms. The molecule has 0 radical (unpaired) electrons. The number of allylic oxidation sites excluding steroid dienone is 2. The number of phenolic OH excluding ortho intramolecular Hbond substituents is 3. The maximum Gasteiger partial charge on any atom is 0.204 e. The number of aromatic hydroxyl groups is 3. The molecule has 136 valence electrons. The molecule has 0 saturated carbocycles. The highest BCUT2D eigenvalue weighted by molar-refractivity contribution is 5.90. The largest absolute Gasteiger partial charge is 0.508 e. The first-order valence-corrected chi connectivity index (χ1v) is 7.80. The molecule has 1 aromatic heterocycles. The molecule has 0 spiro atoms. The summed E-state index contributed by atoms with van der Waals surface area (Å²) in [6.07, 6.45) is 3.59. The van der Waals surface area contributed by atoms with Gasteiger partial charge < -0.3 is 25.2 Å². The maximum absolute atomic E-state index is 12.9. The van der Waals surface area contributed by atoms with Gasteiger partial charge in [-0.25, -0.2) is 0 Å². The Morgan fingerprint density at radius 1 is 1.08 bits per heavy atom. The van der Waals surface area contributed by atoms with Crippen molar-refractivity contribution in [1.29, 1.82) is 0 Å². The minimum atomic E-state index is -0.400. The third-order valence-electron chi connectivity index (χ3n) is 4.00. The molecule has 0 fully saturated rings. The Labute approximate surface area is 149 Å². The first kappa shape index (κ1) is 19.1. The van der Waals surface area contributed by atoms with Crippen LogP contribution in [-0.4, -0.2) is 20.8 Å². The molecular weight excluding hydrogens is 336 g/mol. The van der Waals surface area contributed by atoms with Gasteiger partial charge in [-0.05, 0) is 38.0 Å². The summed E-state index contributed by atoms with van der Waals surface area (Å²) in [5.74, 6) is -0.364. The Morgan fingerprint density at radius 3 is 2.35 bits per heavy atom. The van der Waals surface area contributed by atoms with Crippen molar-refractivity contribution in [3.8, 4) is 28.4 Å². The molecule has 2 aromatic carbocycles. The highest BCUT2D eigenvalue weighted by atomic mass is 16.3. The molecule has 1 heterocycles. The molecular formula is C20H20O6. The van der Waals surface area contributed by atoms with E-state index < -0.39 is 5.43 Å². The van der Waals surface area contributed by atoms with E-state index in [9.17, 15) is 20.1 Å². The fraction of sp³-hybridized carbons (Fsp3) is 0.150. The average Bonchev–Trinajstić information content (AvgIpc) is 2.55. The molecule has 0 bridgehead atoms. The molecule has 5 N–H and O–H groups in total. The zero-order valence-electron chi connectivity index (χ0n) is 14.4. The van der Waals surface area contributed by atoms with Crippen molar-refractivity contribution in [2.24, 2.45) is 0 Å². The van der Waals surface area contributed by atoms with Gasteiger partial charge >= 0.3 is 0 Å². The predicted molar refractivity (Wildman–Crippen MR) is 99.7 cm³/mol. The van der Waals surface area contributed by atoms with Crippen molar-refractivity contribution in [3.05, 3.63) is 64.0 Å². The van der Waals surface area contributed by atoms with Gasteiger partial charge in [-0.2, -0.15) is 0 Å². The van der Waals surface area contributed by atoms with Gasteiger partial charge in [-0.3, -0.25) is 4.79 Å². The van der Waals surface area contributed by atoms with Gasteiger partial charge in [0, 0.05) is 11.6 Å². The minimum Gasteiger partial charge on any atom is -0.508 e. The Balaban J connectivity index is 0.00000243. The summed E-state index contributed by atoms with van der Waals surface area (Å²) in [6.45, 7) is 3.86. The van der Waals surface area contributed by atoms with Crippen molar-refractivity contribution < 1.29 is 25.2 Å². The zero-order chi connectivity index (χ0) is 18.1. The summed E-state index contributed by atoms with van der Waals surface area (Å²) < 4.78 is 5.62. The molecule has 6 heteroatoms. The van der Waals surface area contributed by atoms with E-state index in [1.807, 2.05) is 19.9 Å². The number of fused-ring (bicyclic) bond motifs is 1. The third-order valence-corrected chi connectivity index (χ3v) is 4.00. The highest BCUT2D eigenvalue weighted by Gasteiger charge is 2.18. The summed E-state index contributed by atoms with van der Waals surface area (Å²) in [4.78, 5) is 12.9. The Kier molecular flexibility index (Phi) is 5.38. The van der Waals surface area contributed by atoms with Crippen molar-refractivity contribution >= 4 is 11.0 Å². The van der Waals surface area contributed by atoms with Crippen LogP contribution in [0.25, 0.3) is 22.1 Å². The second-order valence-corrected chi connectivity index (χ2v) is 6.11. The van der Waals surface area contributed by atoms with Crippen LogP contribution >= 0.6 is 0 Å². The lowest BCUT2D eigenvalue weighted by Gasteiger charge is -2.10. The average molecular weight is 356 g/mol. The van der Waals surface area contributed by atoms with Crippen molar-refractivity contribution in [2.75, 3.05) is 0 Å². The van der Waals surface area contributed by atoms with Gasteiger partial charge in [0.1, 0.15) is 34.5 Å². The molecule has 0 atom stereocenters. The number of hydrogen-bond acceptors (Lipinski definition) is 5. The summed E-state index contributed by atoms with van der Waals surface area (Å²) in [5, 5.41) is 29.7. The Bertz CT molecular complexity index is 1020. The fourth-order valence-corrected chi connectivity index (χ4v) is 2.67. The van der Waals surface area contributed by atoms with Crippen LogP contribution in [0.5, 0.6) is 17.2 Å². The molecule has 6 nitrogen and oxygen atoms in total. The van der Waals surface area contributed by atoms with Gasteiger partial charge in [0.05, 0.1) is 5.56 Å². The zero-order valence-corrected chi connectivity index (χ0v) is 14.4. The van der Waals surface area contributed by atoms with Crippen LogP contribution in [0.4, 0.5) is 0 Å². The van der Waals surface area contributed by atoms with Crippen LogP contribution in [0.1, 0.15) is 19.4 Å². The predicted octanol–water partition coefficient (Wildman–Crippen LogP) is 3.26.